The summed E-state index contributed by atoms with van der Waals surface area (Å²) in [6.07, 6.45) is 2.08. The van der Waals surface area contributed by atoms with Gasteiger partial charge in [-0.1, -0.05) is 12.1 Å². The summed E-state index contributed by atoms with van der Waals surface area (Å²) in [6, 6.07) is 7.37. The second kappa shape index (κ2) is 7.00. The predicted octanol–water partition coefficient (Wildman–Crippen LogP) is 1.19. The van der Waals surface area contributed by atoms with Crippen molar-refractivity contribution in [2.45, 2.75) is 12.8 Å². The molecule has 1 aliphatic carbocycles. The fraction of sp³-hybridized carbons (Fsp3) is 0.529. The highest BCUT2D eigenvalue weighted by molar-refractivity contribution is 5.93. The van der Waals surface area contributed by atoms with Crippen LogP contribution in [0.25, 0.3) is 0 Å². The highest BCUT2D eigenvalue weighted by atomic mass is 16.5. The van der Waals surface area contributed by atoms with Gasteiger partial charge in [-0.15, -0.1) is 0 Å². The fourth-order valence-electron chi connectivity index (χ4n) is 2.86. The molecule has 0 aromatic heterocycles. The number of hydrogen-bond acceptors (Lipinski definition) is 4. The summed E-state index contributed by atoms with van der Waals surface area (Å²) in [6.45, 7) is 3.27. The zero-order chi connectivity index (χ0) is 16.2. The van der Waals surface area contributed by atoms with Crippen molar-refractivity contribution in [3.8, 4) is 5.75 Å². The number of anilines is 1. The molecular weight excluding hydrogens is 294 g/mol. The average Bonchev–Trinajstić information content (AvgIpc) is 3.40. The van der Waals surface area contributed by atoms with Crippen molar-refractivity contribution in [3.63, 3.8) is 0 Å². The van der Waals surface area contributed by atoms with Crippen LogP contribution in [-0.4, -0.2) is 61.4 Å². The monoisotopic (exact) mass is 317 g/mol. The number of benzene rings is 1. The SMILES string of the molecule is COc1ccccc1NC(=O)CN1CCN(C(=O)C2CC2)CC1. The molecule has 1 N–H and O–H groups in total. The van der Waals surface area contributed by atoms with Crippen LogP contribution in [0.3, 0.4) is 0 Å². The maximum absolute atomic E-state index is 12.2. The zero-order valence-corrected chi connectivity index (χ0v) is 13.5. The zero-order valence-electron chi connectivity index (χ0n) is 13.5. The van der Waals surface area contributed by atoms with Gasteiger partial charge in [-0.25, -0.2) is 0 Å². The Labute approximate surface area is 136 Å². The molecule has 1 saturated heterocycles. The lowest BCUT2D eigenvalue weighted by Crippen LogP contribution is -2.50. The van der Waals surface area contributed by atoms with E-state index in [1.165, 1.54) is 0 Å². The van der Waals surface area contributed by atoms with E-state index in [1.807, 2.05) is 29.2 Å². The molecule has 3 rings (SSSR count). The third-order valence-electron chi connectivity index (χ3n) is 4.36. The van der Waals surface area contributed by atoms with E-state index in [0.717, 1.165) is 39.0 Å². The first-order valence-corrected chi connectivity index (χ1v) is 8.11. The molecule has 124 valence electrons. The number of hydrogen-bond donors (Lipinski definition) is 1. The number of nitrogens with zero attached hydrogens (tertiary/aromatic N) is 2. The van der Waals surface area contributed by atoms with Gasteiger partial charge in [0.15, 0.2) is 0 Å². The number of ether oxygens (including phenoxy) is 1. The summed E-state index contributed by atoms with van der Waals surface area (Å²) in [5.74, 6) is 1.16. The number of methoxy groups -OCH3 is 1. The molecule has 1 aromatic carbocycles. The van der Waals surface area contributed by atoms with Crippen LogP contribution in [-0.2, 0) is 9.59 Å². The van der Waals surface area contributed by atoms with Crippen molar-refractivity contribution in [3.05, 3.63) is 24.3 Å². The minimum absolute atomic E-state index is 0.0588. The summed E-state index contributed by atoms with van der Waals surface area (Å²) in [5.41, 5.74) is 0.683. The Bertz CT molecular complexity index is 578. The van der Waals surface area contributed by atoms with Crippen LogP contribution in [0.2, 0.25) is 0 Å². The van der Waals surface area contributed by atoms with E-state index in [1.54, 1.807) is 7.11 Å². The number of nitrogens with one attached hydrogen (secondary N) is 1. The van der Waals surface area contributed by atoms with Gasteiger partial charge in [0.2, 0.25) is 11.8 Å². The quantitative estimate of drug-likeness (QED) is 0.886. The lowest BCUT2D eigenvalue weighted by Gasteiger charge is -2.34. The summed E-state index contributed by atoms with van der Waals surface area (Å²) in [4.78, 5) is 28.2. The van der Waals surface area contributed by atoms with E-state index in [2.05, 4.69) is 10.2 Å². The second-order valence-corrected chi connectivity index (χ2v) is 6.12. The first kappa shape index (κ1) is 15.8. The van der Waals surface area contributed by atoms with Crippen LogP contribution in [0.15, 0.2) is 24.3 Å². The van der Waals surface area contributed by atoms with Crippen LogP contribution in [0.5, 0.6) is 5.75 Å². The highest BCUT2D eigenvalue weighted by Gasteiger charge is 2.34. The standard InChI is InChI=1S/C17H23N3O3/c1-23-15-5-3-2-4-14(15)18-16(21)12-19-8-10-20(11-9-19)17(22)13-6-7-13/h2-5,13H,6-12H2,1H3,(H,18,21). The molecule has 1 aromatic rings. The van der Waals surface area contributed by atoms with Gasteiger partial charge in [-0.2, -0.15) is 0 Å². The summed E-state index contributed by atoms with van der Waals surface area (Å²) < 4.78 is 5.23. The van der Waals surface area contributed by atoms with Crippen molar-refractivity contribution >= 4 is 17.5 Å². The number of para-hydroxylation sites is 2. The van der Waals surface area contributed by atoms with E-state index < -0.39 is 0 Å². The average molecular weight is 317 g/mol. The summed E-state index contributed by atoms with van der Waals surface area (Å²) in [5, 5.41) is 2.88. The van der Waals surface area contributed by atoms with Gasteiger partial charge < -0.3 is 15.0 Å². The maximum Gasteiger partial charge on any atom is 0.238 e. The molecule has 0 radical (unpaired) electrons. The molecule has 0 bridgehead atoms. The lowest BCUT2D eigenvalue weighted by atomic mass is 10.2. The molecular formula is C17H23N3O3. The molecule has 0 unspecified atom stereocenters. The Morgan fingerprint density at radius 2 is 1.87 bits per heavy atom. The lowest BCUT2D eigenvalue weighted by molar-refractivity contribution is -0.134. The normalized spacial score (nSPS) is 18.6. The Balaban J connectivity index is 1.46. The first-order chi connectivity index (χ1) is 11.2. The molecule has 1 saturated carbocycles. The minimum atomic E-state index is -0.0588. The molecule has 0 spiro atoms. The van der Waals surface area contributed by atoms with Gasteiger partial charge >= 0.3 is 0 Å². The van der Waals surface area contributed by atoms with E-state index >= 15 is 0 Å². The Kier molecular flexibility index (Phi) is 4.81. The van der Waals surface area contributed by atoms with Gasteiger partial charge in [0, 0.05) is 32.1 Å². The van der Waals surface area contributed by atoms with Crippen molar-refractivity contribution in [1.82, 2.24) is 9.80 Å². The van der Waals surface area contributed by atoms with Gasteiger partial charge in [0.05, 0.1) is 19.3 Å². The highest BCUT2D eigenvalue weighted by Crippen LogP contribution is 2.31. The minimum Gasteiger partial charge on any atom is -0.495 e. The second-order valence-electron chi connectivity index (χ2n) is 6.12. The Morgan fingerprint density at radius 3 is 2.52 bits per heavy atom. The van der Waals surface area contributed by atoms with Crippen molar-refractivity contribution < 1.29 is 14.3 Å². The molecule has 6 nitrogen and oxygen atoms in total. The molecule has 1 heterocycles. The smallest absolute Gasteiger partial charge is 0.238 e. The predicted molar refractivity (Wildman–Crippen MR) is 87.4 cm³/mol. The molecule has 2 aliphatic rings. The van der Waals surface area contributed by atoms with Crippen LogP contribution in [0.4, 0.5) is 5.69 Å². The van der Waals surface area contributed by atoms with Crippen molar-refractivity contribution in [2.24, 2.45) is 5.92 Å². The maximum atomic E-state index is 12.2. The van der Waals surface area contributed by atoms with Crippen LogP contribution in [0, 0.1) is 5.92 Å². The topological polar surface area (TPSA) is 61.9 Å². The molecule has 2 fully saturated rings. The largest absolute Gasteiger partial charge is 0.495 e. The van der Waals surface area contributed by atoms with E-state index in [0.29, 0.717) is 23.9 Å². The summed E-state index contributed by atoms with van der Waals surface area (Å²) in [7, 11) is 1.58. The van der Waals surface area contributed by atoms with Gasteiger partial charge in [0.1, 0.15) is 5.75 Å². The third-order valence-corrected chi connectivity index (χ3v) is 4.36. The molecule has 2 amide bonds. The third kappa shape index (κ3) is 4.01. The number of carbonyl (C=O) groups excluding carboxylic acids is 2. The van der Waals surface area contributed by atoms with Crippen molar-refractivity contribution in [1.29, 1.82) is 0 Å². The van der Waals surface area contributed by atoms with Crippen LogP contribution < -0.4 is 10.1 Å². The van der Waals surface area contributed by atoms with Crippen LogP contribution in [0.1, 0.15) is 12.8 Å². The van der Waals surface area contributed by atoms with E-state index in [4.69, 9.17) is 4.74 Å². The van der Waals surface area contributed by atoms with Crippen molar-refractivity contribution in [2.75, 3.05) is 45.2 Å². The Hall–Kier alpha value is -2.08. The number of piperazine rings is 1. The number of amides is 2. The Morgan fingerprint density at radius 1 is 1.17 bits per heavy atom. The van der Waals surface area contributed by atoms with Crippen LogP contribution >= 0.6 is 0 Å². The molecule has 6 heteroatoms. The molecule has 1 aliphatic heterocycles. The molecule has 0 atom stereocenters. The van der Waals surface area contributed by atoms with E-state index in [-0.39, 0.29) is 11.8 Å². The fourth-order valence-corrected chi connectivity index (χ4v) is 2.86. The summed E-state index contributed by atoms with van der Waals surface area (Å²) >= 11 is 0. The van der Waals surface area contributed by atoms with Gasteiger partial charge in [-0.05, 0) is 25.0 Å². The number of carbonyl (C=O) groups is 2. The van der Waals surface area contributed by atoms with Gasteiger partial charge in [-0.3, -0.25) is 14.5 Å². The van der Waals surface area contributed by atoms with Gasteiger partial charge in [0.25, 0.3) is 0 Å². The number of rotatable bonds is 5. The molecule has 23 heavy (non-hydrogen) atoms. The first-order valence-electron chi connectivity index (χ1n) is 8.11. The van der Waals surface area contributed by atoms with E-state index in [9.17, 15) is 9.59 Å².